The predicted octanol–water partition coefficient (Wildman–Crippen LogP) is 3.06. The molecule has 1 aliphatic rings. The summed E-state index contributed by atoms with van der Waals surface area (Å²) in [6.45, 7) is 0. The average Bonchev–Trinajstić information content (AvgIpc) is 2.22. The Morgan fingerprint density at radius 2 is 2.00 bits per heavy atom. The number of allylic oxidation sites excluding steroid dienone is 2. The van der Waals surface area contributed by atoms with Gasteiger partial charge >= 0.3 is 0 Å². The van der Waals surface area contributed by atoms with Crippen LogP contribution in [-0.2, 0) is 6.42 Å². The van der Waals surface area contributed by atoms with Crippen molar-refractivity contribution < 1.29 is 9.18 Å². The van der Waals surface area contributed by atoms with E-state index in [1.807, 2.05) is 12.1 Å². The van der Waals surface area contributed by atoms with E-state index in [0.717, 1.165) is 18.4 Å². The molecule has 0 bridgehead atoms. The van der Waals surface area contributed by atoms with Crippen LogP contribution in [0.2, 0.25) is 0 Å². The average molecular weight is 190 g/mol. The van der Waals surface area contributed by atoms with E-state index < -0.39 is 11.6 Å². The van der Waals surface area contributed by atoms with Crippen molar-refractivity contribution in [3.63, 3.8) is 0 Å². The Balaban J connectivity index is 2.49. The van der Waals surface area contributed by atoms with E-state index in [4.69, 9.17) is 0 Å². The van der Waals surface area contributed by atoms with Gasteiger partial charge in [-0.05, 0) is 30.9 Å². The van der Waals surface area contributed by atoms with Gasteiger partial charge in [-0.15, -0.1) is 0 Å². The van der Waals surface area contributed by atoms with Crippen LogP contribution in [0.4, 0.5) is 4.39 Å². The van der Waals surface area contributed by atoms with Gasteiger partial charge in [0.15, 0.2) is 5.83 Å². The summed E-state index contributed by atoms with van der Waals surface area (Å²) in [7, 11) is 0. The SMILES string of the molecule is O=C1C(F)=CCCCc2ccccc21. The van der Waals surface area contributed by atoms with E-state index in [9.17, 15) is 9.18 Å². The van der Waals surface area contributed by atoms with Crippen molar-refractivity contribution in [1.82, 2.24) is 0 Å². The maximum Gasteiger partial charge on any atom is 0.221 e. The lowest BCUT2D eigenvalue weighted by Gasteiger charge is -2.09. The Hall–Kier alpha value is -1.44. The molecule has 0 saturated carbocycles. The van der Waals surface area contributed by atoms with Crippen molar-refractivity contribution in [3.8, 4) is 0 Å². The van der Waals surface area contributed by atoms with Crippen molar-refractivity contribution in [2.75, 3.05) is 0 Å². The zero-order valence-corrected chi connectivity index (χ0v) is 7.79. The van der Waals surface area contributed by atoms with E-state index >= 15 is 0 Å². The minimum Gasteiger partial charge on any atom is -0.286 e. The van der Waals surface area contributed by atoms with Gasteiger partial charge in [0.1, 0.15) is 0 Å². The topological polar surface area (TPSA) is 17.1 Å². The van der Waals surface area contributed by atoms with Gasteiger partial charge < -0.3 is 0 Å². The maximum absolute atomic E-state index is 13.2. The van der Waals surface area contributed by atoms with Crippen molar-refractivity contribution in [2.24, 2.45) is 0 Å². The number of fused-ring (bicyclic) bond motifs is 1. The highest BCUT2D eigenvalue weighted by Crippen LogP contribution is 2.20. The monoisotopic (exact) mass is 190 g/mol. The first-order valence-corrected chi connectivity index (χ1v) is 4.77. The molecule has 1 aliphatic carbocycles. The summed E-state index contributed by atoms with van der Waals surface area (Å²) >= 11 is 0. The fourth-order valence-corrected chi connectivity index (χ4v) is 1.70. The predicted molar refractivity (Wildman–Crippen MR) is 52.9 cm³/mol. The maximum atomic E-state index is 13.2. The molecule has 2 heteroatoms. The minimum absolute atomic E-state index is 0.472. The van der Waals surface area contributed by atoms with Gasteiger partial charge in [-0.3, -0.25) is 4.79 Å². The first kappa shape index (κ1) is 9.13. The highest BCUT2D eigenvalue weighted by Gasteiger charge is 2.16. The molecule has 0 fully saturated rings. The Morgan fingerprint density at radius 3 is 2.86 bits per heavy atom. The minimum atomic E-state index is -0.614. The van der Waals surface area contributed by atoms with Crippen molar-refractivity contribution >= 4 is 5.78 Å². The van der Waals surface area contributed by atoms with Crippen LogP contribution in [-0.4, -0.2) is 5.78 Å². The molecule has 0 N–H and O–H groups in total. The standard InChI is InChI=1S/C12H11FO/c13-11-8-4-2-6-9-5-1-3-7-10(9)12(11)14/h1,3,5,7-8H,2,4,6H2. The quantitative estimate of drug-likeness (QED) is 0.614. The number of hydrogen-bond donors (Lipinski definition) is 0. The first-order valence-electron chi connectivity index (χ1n) is 4.77. The summed E-state index contributed by atoms with van der Waals surface area (Å²) < 4.78 is 13.2. The third-order valence-corrected chi connectivity index (χ3v) is 2.45. The van der Waals surface area contributed by atoms with Gasteiger partial charge in [0.05, 0.1) is 0 Å². The highest BCUT2D eigenvalue weighted by atomic mass is 19.1. The van der Waals surface area contributed by atoms with Gasteiger partial charge in [-0.2, -0.15) is 0 Å². The van der Waals surface area contributed by atoms with Gasteiger partial charge in [0.2, 0.25) is 5.78 Å². The Morgan fingerprint density at radius 1 is 1.21 bits per heavy atom. The summed E-state index contributed by atoms with van der Waals surface area (Å²) in [5, 5.41) is 0. The fraction of sp³-hybridized carbons (Fsp3) is 0.250. The molecule has 0 radical (unpaired) electrons. The van der Waals surface area contributed by atoms with Crippen LogP contribution in [0.3, 0.4) is 0 Å². The van der Waals surface area contributed by atoms with Crippen LogP contribution in [0.25, 0.3) is 0 Å². The Kier molecular flexibility index (Phi) is 2.44. The molecule has 0 aliphatic heterocycles. The number of Topliss-reactive ketones (excluding diaryl/α,β-unsaturated/α-hetero) is 1. The van der Waals surface area contributed by atoms with Crippen LogP contribution >= 0.6 is 0 Å². The van der Waals surface area contributed by atoms with Crippen LogP contribution in [0.5, 0.6) is 0 Å². The second kappa shape index (κ2) is 3.74. The molecule has 1 aromatic rings. The smallest absolute Gasteiger partial charge is 0.221 e. The largest absolute Gasteiger partial charge is 0.286 e. The highest BCUT2D eigenvalue weighted by molar-refractivity contribution is 6.08. The molecule has 2 rings (SSSR count). The number of halogens is 1. The molecule has 1 aromatic carbocycles. The van der Waals surface area contributed by atoms with E-state index in [2.05, 4.69) is 0 Å². The summed E-state index contributed by atoms with van der Waals surface area (Å²) in [4.78, 5) is 11.5. The van der Waals surface area contributed by atoms with E-state index in [1.165, 1.54) is 6.08 Å². The number of rotatable bonds is 0. The van der Waals surface area contributed by atoms with Crippen LogP contribution in [0, 0.1) is 0 Å². The molecule has 0 spiro atoms. The number of hydrogen-bond acceptors (Lipinski definition) is 1. The molecule has 14 heavy (non-hydrogen) atoms. The fourth-order valence-electron chi connectivity index (χ4n) is 1.70. The Bertz CT molecular complexity index is 393. The molecule has 72 valence electrons. The molecule has 0 aromatic heterocycles. The number of benzene rings is 1. The second-order valence-corrected chi connectivity index (χ2v) is 3.43. The van der Waals surface area contributed by atoms with Gasteiger partial charge in [-0.1, -0.05) is 24.3 Å². The molecule has 0 amide bonds. The van der Waals surface area contributed by atoms with E-state index in [0.29, 0.717) is 12.0 Å². The summed E-state index contributed by atoms with van der Waals surface area (Å²) in [6.07, 6.45) is 3.79. The van der Waals surface area contributed by atoms with Crippen molar-refractivity contribution in [3.05, 3.63) is 47.3 Å². The second-order valence-electron chi connectivity index (χ2n) is 3.43. The lowest BCUT2D eigenvalue weighted by atomic mass is 9.95. The van der Waals surface area contributed by atoms with Crippen LogP contribution in [0.15, 0.2) is 36.2 Å². The number of aryl methyl sites for hydroxylation is 1. The molecule has 1 nitrogen and oxygen atoms in total. The zero-order chi connectivity index (χ0) is 9.97. The third-order valence-electron chi connectivity index (χ3n) is 2.45. The summed E-state index contributed by atoms with van der Waals surface area (Å²) in [5.74, 6) is -1.09. The number of carbonyl (C=O) groups excluding carboxylic acids is 1. The lowest BCUT2D eigenvalue weighted by Crippen LogP contribution is -2.06. The normalized spacial score (nSPS) is 16.6. The molecular formula is C12H11FO. The Labute approximate surface area is 82.3 Å². The molecule has 0 heterocycles. The van der Waals surface area contributed by atoms with Crippen molar-refractivity contribution in [2.45, 2.75) is 19.3 Å². The summed E-state index contributed by atoms with van der Waals surface area (Å²) in [5.41, 5.74) is 1.47. The van der Waals surface area contributed by atoms with E-state index in [1.54, 1.807) is 12.1 Å². The molecule has 0 atom stereocenters. The van der Waals surface area contributed by atoms with Gasteiger partial charge in [0.25, 0.3) is 0 Å². The zero-order valence-electron chi connectivity index (χ0n) is 7.79. The number of carbonyl (C=O) groups is 1. The molecular weight excluding hydrogens is 179 g/mol. The van der Waals surface area contributed by atoms with Crippen LogP contribution < -0.4 is 0 Å². The van der Waals surface area contributed by atoms with E-state index in [-0.39, 0.29) is 0 Å². The first-order chi connectivity index (χ1) is 6.79. The number of ketones is 1. The third kappa shape index (κ3) is 1.60. The molecule has 0 saturated heterocycles. The lowest BCUT2D eigenvalue weighted by molar-refractivity contribution is 0.100. The van der Waals surface area contributed by atoms with Gasteiger partial charge in [0, 0.05) is 5.56 Å². The molecule has 0 unspecified atom stereocenters. The van der Waals surface area contributed by atoms with Gasteiger partial charge in [-0.25, -0.2) is 4.39 Å². The van der Waals surface area contributed by atoms with Crippen molar-refractivity contribution in [1.29, 1.82) is 0 Å². The summed E-state index contributed by atoms with van der Waals surface area (Å²) in [6, 6.07) is 7.24. The van der Waals surface area contributed by atoms with Crippen LogP contribution in [0.1, 0.15) is 28.8 Å².